The van der Waals surface area contributed by atoms with Crippen LogP contribution in [0.1, 0.15) is 39.2 Å². The normalized spacial score (nSPS) is 16.8. The number of alkyl halides is 3. The summed E-state index contributed by atoms with van der Waals surface area (Å²) in [4.78, 5) is 15.0. The molecular formula is C18H25F3N2O2. The number of anilines is 1. The Labute approximate surface area is 146 Å². The van der Waals surface area contributed by atoms with Gasteiger partial charge in [0, 0.05) is 30.9 Å². The van der Waals surface area contributed by atoms with Crippen LogP contribution in [0.25, 0.3) is 0 Å². The molecule has 140 valence electrons. The second kappa shape index (κ2) is 7.14. The molecule has 1 fully saturated rings. The molecule has 0 spiro atoms. The van der Waals surface area contributed by atoms with Crippen LogP contribution in [-0.2, 0) is 6.18 Å². The fourth-order valence-corrected chi connectivity index (χ4v) is 3.13. The third-order valence-electron chi connectivity index (χ3n) is 4.66. The first kappa shape index (κ1) is 19.4. The number of nitrogens with zero attached hydrogens (tertiary/aromatic N) is 2. The van der Waals surface area contributed by atoms with E-state index in [4.69, 9.17) is 0 Å². The quantitative estimate of drug-likeness (QED) is 0.852. The van der Waals surface area contributed by atoms with Gasteiger partial charge in [-0.3, -0.25) is 0 Å². The molecule has 1 aliphatic rings. The van der Waals surface area contributed by atoms with E-state index >= 15 is 0 Å². The lowest BCUT2D eigenvalue weighted by Gasteiger charge is -2.39. The summed E-state index contributed by atoms with van der Waals surface area (Å²) in [5.74, 6) is 0.265. The van der Waals surface area contributed by atoms with Crippen molar-refractivity contribution in [1.82, 2.24) is 4.90 Å². The highest BCUT2D eigenvalue weighted by atomic mass is 19.4. The Morgan fingerprint density at radius 2 is 1.68 bits per heavy atom. The highest BCUT2D eigenvalue weighted by molar-refractivity contribution is 5.66. The molecule has 1 aliphatic heterocycles. The molecule has 1 saturated heterocycles. The molecule has 1 amide bonds. The zero-order chi connectivity index (χ0) is 18.8. The average molecular weight is 358 g/mol. The largest absolute Gasteiger partial charge is 0.465 e. The Balaban J connectivity index is 1.94. The minimum absolute atomic E-state index is 0.265. The molecule has 1 aromatic carbocycles. The van der Waals surface area contributed by atoms with Gasteiger partial charge in [-0.1, -0.05) is 0 Å². The molecule has 0 atom stereocenters. The van der Waals surface area contributed by atoms with E-state index in [1.54, 1.807) is 0 Å². The maximum atomic E-state index is 12.6. The molecule has 7 heteroatoms. The van der Waals surface area contributed by atoms with Crippen molar-refractivity contribution in [3.63, 3.8) is 0 Å². The molecule has 0 aliphatic carbocycles. The van der Waals surface area contributed by atoms with Gasteiger partial charge in [-0.2, -0.15) is 13.2 Å². The smallest absolute Gasteiger partial charge is 0.416 e. The van der Waals surface area contributed by atoms with Crippen LogP contribution in [0.15, 0.2) is 24.3 Å². The number of amides is 1. The van der Waals surface area contributed by atoms with E-state index in [1.807, 2.05) is 20.8 Å². The molecule has 4 nitrogen and oxygen atoms in total. The first-order chi connectivity index (χ1) is 11.5. The highest BCUT2D eigenvalue weighted by Gasteiger charge is 2.32. The van der Waals surface area contributed by atoms with Gasteiger partial charge in [0.1, 0.15) is 0 Å². The van der Waals surface area contributed by atoms with Crippen LogP contribution in [0.3, 0.4) is 0 Å². The predicted molar refractivity (Wildman–Crippen MR) is 90.9 cm³/mol. The van der Waals surface area contributed by atoms with E-state index in [-0.39, 0.29) is 5.92 Å². The summed E-state index contributed by atoms with van der Waals surface area (Å²) in [6.07, 6.45) is -3.60. The Morgan fingerprint density at radius 3 is 2.08 bits per heavy atom. The molecule has 0 aromatic heterocycles. The lowest BCUT2D eigenvalue weighted by atomic mass is 9.94. The standard InChI is InChI=1S/C18H25F3N2O2/c1-17(2,3)23(16(24)25)12-13-8-10-22(11-9-13)15-6-4-14(5-7-15)18(19,20)21/h4-7,13H,8-12H2,1-3H3,(H,24,25). The number of hydrogen-bond donors (Lipinski definition) is 1. The number of rotatable bonds is 3. The molecule has 0 bridgehead atoms. The van der Waals surface area contributed by atoms with Crippen LogP contribution in [0, 0.1) is 5.92 Å². The number of carboxylic acid groups (broad SMARTS) is 1. The lowest BCUT2D eigenvalue weighted by Crippen LogP contribution is -2.49. The Bertz CT molecular complexity index is 586. The van der Waals surface area contributed by atoms with Gasteiger partial charge in [0.15, 0.2) is 0 Å². The molecule has 1 aromatic rings. The van der Waals surface area contributed by atoms with Gasteiger partial charge in [0.25, 0.3) is 0 Å². The topological polar surface area (TPSA) is 43.8 Å². The Morgan fingerprint density at radius 1 is 1.16 bits per heavy atom. The molecular weight excluding hydrogens is 333 g/mol. The first-order valence-corrected chi connectivity index (χ1v) is 8.41. The summed E-state index contributed by atoms with van der Waals surface area (Å²) in [6, 6.07) is 5.21. The van der Waals surface area contributed by atoms with E-state index in [0.717, 1.165) is 30.7 Å². The molecule has 25 heavy (non-hydrogen) atoms. The SMILES string of the molecule is CC(C)(C)N(CC1CCN(c2ccc(C(F)(F)F)cc2)CC1)C(=O)O. The number of carbonyl (C=O) groups is 1. The maximum absolute atomic E-state index is 12.6. The van der Waals surface area contributed by atoms with Crippen LogP contribution in [0.4, 0.5) is 23.7 Å². The van der Waals surface area contributed by atoms with Crippen molar-refractivity contribution in [1.29, 1.82) is 0 Å². The van der Waals surface area contributed by atoms with Crippen molar-refractivity contribution in [2.24, 2.45) is 5.92 Å². The fourth-order valence-electron chi connectivity index (χ4n) is 3.13. The molecule has 0 saturated carbocycles. The van der Waals surface area contributed by atoms with Gasteiger partial charge in [-0.05, 0) is 63.8 Å². The van der Waals surface area contributed by atoms with E-state index in [2.05, 4.69) is 4.90 Å². The van der Waals surface area contributed by atoms with Crippen molar-refractivity contribution < 1.29 is 23.1 Å². The Hall–Kier alpha value is -1.92. The molecule has 0 radical (unpaired) electrons. The third kappa shape index (κ3) is 5.03. The second-order valence-electron chi connectivity index (χ2n) is 7.54. The van der Waals surface area contributed by atoms with Crippen LogP contribution in [-0.4, -0.2) is 41.3 Å². The number of hydrogen-bond acceptors (Lipinski definition) is 2. The number of piperidine rings is 1. The van der Waals surface area contributed by atoms with Gasteiger partial charge in [0.05, 0.1) is 5.56 Å². The van der Waals surface area contributed by atoms with Crippen molar-refractivity contribution in [3.8, 4) is 0 Å². The van der Waals surface area contributed by atoms with Gasteiger partial charge in [-0.25, -0.2) is 4.79 Å². The molecule has 0 unspecified atom stereocenters. The minimum atomic E-state index is -4.32. The van der Waals surface area contributed by atoms with Crippen LogP contribution >= 0.6 is 0 Å². The fraction of sp³-hybridized carbons (Fsp3) is 0.611. The van der Waals surface area contributed by atoms with Crippen molar-refractivity contribution in [2.75, 3.05) is 24.5 Å². The molecule has 1 N–H and O–H groups in total. The summed E-state index contributed by atoms with van der Waals surface area (Å²) < 4.78 is 37.9. The third-order valence-corrected chi connectivity index (χ3v) is 4.66. The van der Waals surface area contributed by atoms with Gasteiger partial charge in [-0.15, -0.1) is 0 Å². The first-order valence-electron chi connectivity index (χ1n) is 8.41. The summed E-state index contributed by atoms with van der Waals surface area (Å²) in [7, 11) is 0. The number of halogens is 3. The van der Waals surface area contributed by atoms with Crippen LogP contribution in [0.2, 0.25) is 0 Å². The van der Waals surface area contributed by atoms with Crippen LogP contribution in [0.5, 0.6) is 0 Å². The van der Waals surface area contributed by atoms with Gasteiger partial charge >= 0.3 is 12.3 Å². The van der Waals surface area contributed by atoms with E-state index < -0.39 is 23.4 Å². The highest BCUT2D eigenvalue weighted by Crippen LogP contribution is 2.32. The summed E-state index contributed by atoms with van der Waals surface area (Å²) in [5, 5.41) is 9.38. The number of benzene rings is 1. The van der Waals surface area contributed by atoms with Crippen molar-refractivity contribution in [3.05, 3.63) is 29.8 Å². The predicted octanol–water partition coefficient (Wildman–Crippen LogP) is 4.70. The molecule has 2 rings (SSSR count). The van der Waals surface area contributed by atoms with Crippen molar-refractivity contribution >= 4 is 11.8 Å². The monoisotopic (exact) mass is 358 g/mol. The van der Waals surface area contributed by atoms with Gasteiger partial charge in [0.2, 0.25) is 0 Å². The second-order valence-corrected chi connectivity index (χ2v) is 7.54. The Kier molecular flexibility index (Phi) is 5.54. The zero-order valence-electron chi connectivity index (χ0n) is 14.8. The maximum Gasteiger partial charge on any atom is 0.416 e. The zero-order valence-corrected chi connectivity index (χ0v) is 14.8. The van der Waals surface area contributed by atoms with Crippen molar-refractivity contribution in [2.45, 2.75) is 45.3 Å². The van der Waals surface area contributed by atoms with E-state index in [0.29, 0.717) is 19.6 Å². The van der Waals surface area contributed by atoms with E-state index in [9.17, 15) is 23.1 Å². The van der Waals surface area contributed by atoms with Crippen LogP contribution < -0.4 is 4.90 Å². The van der Waals surface area contributed by atoms with Gasteiger partial charge < -0.3 is 14.9 Å². The summed E-state index contributed by atoms with van der Waals surface area (Å²) in [5.41, 5.74) is -0.318. The lowest BCUT2D eigenvalue weighted by molar-refractivity contribution is -0.137. The summed E-state index contributed by atoms with van der Waals surface area (Å²) >= 11 is 0. The van der Waals surface area contributed by atoms with E-state index in [1.165, 1.54) is 17.0 Å². The minimum Gasteiger partial charge on any atom is -0.465 e. The summed E-state index contributed by atoms with van der Waals surface area (Å²) in [6.45, 7) is 7.54. The average Bonchev–Trinajstić information content (AvgIpc) is 2.51. The molecule has 1 heterocycles.